The van der Waals surface area contributed by atoms with Crippen molar-refractivity contribution < 1.29 is 14.9 Å². The van der Waals surface area contributed by atoms with E-state index in [0.717, 1.165) is 19.3 Å². The summed E-state index contributed by atoms with van der Waals surface area (Å²) < 4.78 is 5.76. The van der Waals surface area contributed by atoms with Gasteiger partial charge in [0.05, 0.1) is 18.8 Å². The minimum Gasteiger partial charge on any atom is -0.396 e. The van der Waals surface area contributed by atoms with E-state index >= 15 is 0 Å². The highest BCUT2D eigenvalue weighted by Crippen LogP contribution is 2.20. The van der Waals surface area contributed by atoms with Crippen LogP contribution in [0.4, 0.5) is 0 Å². The van der Waals surface area contributed by atoms with Crippen molar-refractivity contribution in [1.82, 2.24) is 5.32 Å². The van der Waals surface area contributed by atoms with Gasteiger partial charge in [-0.15, -0.1) is 0 Å². The van der Waals surface area contributed by atoms with Crippen LogP contribution in [0, 0.1) is 5.92 Å². The molecule has 0 aromatic heterocycles. The van der Waals surface area contributed by atoms with Crippen LogP contribution in [0.1, 0.15) is 52.4 Å². The summed E-state index contributed by atoms with van der Waals surface area (Å²) in [5.74, 6) is 0.457. The molecule has 19 heavy (non-hydrogen) atoms. The zero-order chi connectivity index (χ0) is 14.1. The second-order valence-corrected chi connectivity index (χ2v) is 6.02. The molecule has 1 aliphatic rings. The molecule has 0 bridgehead atoms. The van der Waals surface area contributed by atoms with Gasteiger partial charge >= 0.3 is 0 Å². The Morgan fingerprint density at radius 3 is 2.47 bits per heavy atom. The van der Waals surface area contributed by atoms with Crippen LogP contribution in [0.5, 0.6) is 0 Å². The van der Waals surface area contributed by atoms with Crippen LogP contribution >= 0.6 is 0 Å². The number of aliphatic hydroxyl groups excluding tert-OH is 2. The first-order chi connectivity index (χ1) is 9.13. The third-order valence-corrected chi connectivity index (χ3v) is 3.94. The Morgan fingerprint density at radius 1 is 1.21 bits per heavy atom. The summed E-state index contributed by atoms with van der Waals surface area (Å²) in [7, 11) is 0. The number of ether oxygens (including phenoxy) is 1. The van der Waals surface area contributed by atoms with E-state index in [1.807, 2.05) is 0 Å². The summed E-state index contributed by atoms with van der Waals surface area (Å²) in [6.07, 6.45) is 6.73. The van der Waals surface area contributed by atoms with Crippen LogP contribution in [-0.2, 0) is 4.74 Å². The molecule has 0 radical (unpaired) electrons. The van der Waals surface area contributed by atoms with Crippen LogP contribution in [0.3, 0.4) is 0 Å². The zero-order valence-electron chi connectivity index (χ0n) is 12.5. The van der Waals surface area contributed by atoms with Gasteiger partial charge in [0.1, 0.15) is 0 Å². The van der Waals surface area contributed by atoms with Gasteiger partial charge in [-0.2, -0.15) is 0 Å². The number of nitrogens with one attached hydrogen (secondary N) is 1. The van der Waals surface area contributed by atoms with E-state index in [1.54, 1.807) is 0 Å². The number of aliphatic hydroxyl groups is 2. The summed E-state index contributed by atoms with van der Waals surface area (Å²) >= 11 is 0. The van der Waals surface area contributed by atoms with E-state index in [-0.39, 0.29) is 12.6 Å². The highest BCUT2D eigenvalue weighted by molar-refractivity contribution is 4.73. The summed E-state index contributed by atoms with van der Waals surface area (Å²) in [4.78, 5) is 0. The SMILES string of the molecule is CC(C)C(CCO)NCC(O)COC1CCCCC1. The van der Waals surface area contributed by atoms with Gasteiger partial charge in [0, 0.05) is 19.2 Å². The minimum absolute atomic E-state index is 0.185. The first kappa shape index (κ1) is 16.9. The van der Waals surface area contributed by atoms with E-state index in [4.69, 9.17) is 9.84 Å². The zero-order valence-corrected chi connectivity index (χ0v) is 12.5. The van der Waals surface area contributed by atoms with E-state index in [0.29, 0.717) is 25.2 Å². The molecule has 0 amide bonds. The molecule has 114 valence electrons. The van der Waals surface area contributed by atoms with Crippen molar-refractivity contribution in [2.24, 2.45) is 5.92 Å². The Kier molecular flexibility index (Phi) is 8.62. The van der Waals surface area contributed by atoms with Gasteiger partial charge in [-0.3, -0.25) is 0 Å². The van der Waals surface area contributed by atoms with E-state index in [9.17, 15) is 5.11 Å². The molecule has 4 nitrogen and oxygen atoms in total. The third-order valence-electron chi connectivity index (χ3n) is 3.94. The Hall–Kier alpha value is -0.160. The van der Waals surface area contributed by atoms with Gasteiger partial charge < -0.3 is 20.3 Å². The standard InChI is InChI=1S/C15H31NO3/c1-12(2)15(8-9-17)16-10-13(18)11-19-14-6-4-3-5-7-14/h12-18H,3-11H2,1-2H3. The second-order valence-electron chi connectivity index (χ2n) is 6.02. The fourth-order valence-electron chi connectivity index (χ4n) is 2.64. The molecule has 0 aromatic carbocycles. The Balaban J connectivity index is 2.13. The highest BCUT2D eigenvalue weighted by atomic mass is 16.5. The summed E-state index contributed by atoms with van der Waals surface area (Å²) in [5.41, 5.74) is 0. The van der Waals surface area contributed by atoms with Crippen molar-refractivity contribution in [3.05, 3.63) is 0 Å². The molecule has 1 saturated carbocycles. The molecule has 3 N–H and O–H groups in total. The number of hydrogen-bond acceptors (Lipinski definition) is 4. The third kappa shape index (κ3) is 7.25. The average Bonchev–Trinajstić information content (AvgIpc) is 2.42. The smallest absolute Gasteiger partial charge is 0.0897 e. The summed E-state index contributed by atoms with van der Waals surface area (Å²) in [6.45, 7) is 5.39. The Morgan fingerprint density at radius 2 is 1.89 bits per heavy atom. The summed E-state index contributed by atoms with van der Waals surface area (Å²) in [6, 6.07) is 0.259. The van der Waals surface area contributed by atoms with Crippen molar-refractivity contribution in [3.8, 4) is 0 Å². The summed E-state index contributed by atoms with van der Waals surface area (Å²) in [5, 5.41) is 22.2. The van der Waals surface area contributed by atoms with Crippen molar-refractivity contribution in [2.45, 2.75) is 70.6 Å². The molecule has 0 spiro atoms. The normalized spacial score (nSPS) is 20.7. The van der Waals surface area contributed by atoms with Gasteiger partial charge in [0.2, 0.25) is 0 Å². The van der Waals surface area contributed by atoms with Crippen molar-refractivity contribution >= 4 is 0 Å². The van der Waals surface area contributed by atoms with Crippen LogP contribution in [0.15, 0.2) is 0 Å². The lowest BCUT2D eigenvalue weighted by molar-refractivity contribution is -0.0241. The predicted molar refractivity (Wildman–Crippen MR) is 77.2 cm³/mol. The first-order valence-corrected chi connectivity index (χ1v) is 7.77. The molecule has 4 heteroatoms. The lowest BCUT2D eigenvalue weighted by Crippen LogP contribution is -2.41. The van der Waals surface area contributed by atoms with Crippen LogP contribution < -0.4 is 5.32 Å². The molecule has 0 aromatic rings. The van der Waals surface area contributed by atoms with Crippen molar-refractivity contribution in [2.75, 3.05) is 19.8 Å². The second kappa shape index (κ2) is 9.70. The molecule has 2 atom stereocenters. The van der Waals surface area contributed by atoms with Crippen molar-refractivity contribution in [3.63, 3.8) is 0 Å². The van der Waals surface area contributed by atoms with Gasteiger partial charge in [0.15, 0.2) is 0 Å². The molecule has 2 unspecified atom stereocenters. The van der Waals surface area contributed by atoms with E-state index < -0.39 is 6.10 Å². The maximum atomic E-state index is 9.93. The monoisotopic (exact) mass is 273 g/mol. The quantitative estimate of drug-likeness (QED) is 0.598. The van der Waals surface area contributed by atoms with Crippen molar-refractivity contribution in [1.29, 1.82) is 0 Å². The maximum Gasteiger partial charge on any atom is 0.0897 e. The molecule has 0 heterocycles. The van der Waals surface area contributed by atoms with E-state index in [2.05, 4.69) is 19.2 Å². The Labute approximate surface area is 117 Å². The molecule has 0 aliphatic heterocycles. The lowest BCUT2D eigenvalue weighted by atomic mass is 9.98. The fourth-order valence-corrected chi connectivity index (χ4v) is 2.64. The van der Waals surface area contributed by atoms with Gasteiger partial charge in [-0.1, -0.05) is 33.1 Å². The molecule has 1 rings (SSSR count). The van der Waals surface area contributed by atoms with Gasteiger partial charge in [-0.05, 0) is 25.2 Å². The fraction of sp³-hybridized carbons (Fsp3) is 1.00. The van der Waals surface area contributed by atoms with Crippen LogP contribution in [-0.4, -0.2) is 48.2 Å². The molecule has 0 saturated heterocycles. The first-order valence-electron chi connectivity index (χ1n) is 7.77. The van der Waals surface area contributed by atoms with E-state index in [1.165, 1.54) is 19.3 Å². The van der Waals surface area contributed by atoms with Gasteiger partial charge in [0.25, 0.3) is 0 Å². The number of rotatable bonds is 9. The highest BCUT2D eigenvalue weighted by Gasteiger charge is 2.17. The molecule has 1 fully saturated rings. The molecular formula is C15H31NO3. The van der Waals surface area contributed by atoms with Crippen LogP contribution in [0.2, 0.25) is 0 Å². The predicted octanol–water partition coefficient (Wildman–Crippen LogP) is 1.69. The molecule has 1 aliphatic carbocycles. The lowest BCUT2D eigenvalue weighted by Gasteiger charge is -2.26. The maximum absolute atomic E-state index is 9.93. The van der Waals surface area contributed by atoms with Gasteiger partial charge in [-0.25, -0.2) is 0 Å². The topological polar surface area (TPSA) is 61.7 Å². The Bertz CT molecular complexity index is 217. The minimum atomic E-state index is -0.457. The largest absolute Gasteiger partial charge is 0.396 e. The average molecular weight is 273 g/mol. The molecular weight excluding hydrogens is 242 g/mol. The van der Waals surface area contributed by atoms with Crippen LogP contribution in [0.25, 0.3) is 0 Å². The number of hydrogen-bond donors (Lipinski definition) is 3.